The van der Waals surface area contributed by atoms with Crippen LogP contribution in [0.2, 0.25) is 0 Å². The van der Waals surface area contributed by atoms with E-state index in [1.165, 1.54) is 37.8 Å². The van der Waals surface area contributed by atoms with Crippen LogP contribution in [0.3, 0.4) is 0 Å². The van der Waals surface area contributed by atoms with Crippen molar-refractivity contribution in [3.8, 4) is 0 Å². The number of ketones is 2. The van der Waals surface area contributed by atoms with E-state index >= 15 is 0 Å². The van der Waals surface area contributed by atoms with Crippen LogP contribution in [0, 0.1) is 0 Å². The maximum atomic E-state index is 12.5. The minimum absolute atomic E-state index is 0.125. The van der Waals surface area contributed by atoms with Gasteiger partial charge in [0.05, 0.1) is 11.4 Å². The Labute approximate surface area is 159 Å². The molecule has 1 rings (SSSR count). The van der Waals surface area contributed by atoms with Crippen molar-refractivity contribution in [2.75, 3.05) is 0 Å². The summed E-state index contributed by atoms with van der Waals surface area (Å²) in [6.07, 6.45) is 11.8. The van der Waals surface area contributed by atoms with Crippen LogP contribution in [0.25, 0.3) is 0 Å². The van der Waals surface area contributed by atoms with Crippen LogP contribution in [0.5, 0.6) is 0 Å². The SMILES string of the molecule is CCCCCC(C)(C)NC1=CC(=O)C(NC(C)(C)CCCCC)=CC1=O. The Morgan fingerprint density at radius 3 is 1.35 bits per heavy atom. The van der Waals surface area contributed by atoms with Gasteiger partial charge in [0, 0.05) is 23.2 Å². The number of carbonyl (C=O) groups is 2. The minimum atomic E-state index is -0.199. The van der Waals surface area contributed by atoms with Crippen molar-refractivity contribution >= 4 is 11.6 Å². The third-order valence-corrected chi connectivity index (χ3v) is 4.84. The van der Waals surface area contributed by atoms with Crippen LogP contribution in [-0.2, 0) is 9.59 Å². The predicted molar refractivity (Wildman–Crippen MR) is 109 cm³/mol. The topological polar surface area (TPSA) is 58.2 Å². The molecule has 0 aliphatic heterocycles. The van der Waals surface area contributed by atoms with Gasteiger partial charge in [0.2, 0.25) is 11.6 Å². The third kappa shape index (κ3) is 7.76. The lowest BCUT2D eigenvalue weighted by molar-refractivity contribution is -0.116. The number of unbranched alkanes of at least 4 members (excludes halogenated alkanes) is 4. The molecular formula is C22H38N2O2. The molecule has 148 valence electrons. The monoisotopic (exact) mass is 362 g/mol. The molecule has 4 heteroatoms. The summed E-state index contributed by atoms with van der Waals surface area (Å²) < 4.78 is 0. The summed E-state index contributed by atoms with van der Waals surface area (Å²) in [5.74, 6) is -0.250. The number of rotatable bonds is 12. The Balaban J connectivity index is 2.69. The summed E-state index contributed by atoms with van der Waals surface area (Å²) in [5, 5.41) is 6.56. The zero-order valence-electron chi connectivity index (χ0n) is 17.6. The average Bonchev–Trinajstić information content (AvgIpc) is 2.52. The lowest BCUT2D eigenvalue weighted by atomic mass is 9.93. The van der Waals surface area contributed by atoms with Crippen LogP contribution in [0.15, 0.2) is 23.5 Å². The highest BCUT2D eigenvalue weighted by Gasteiger charge is 2.28. The summed E-state index contributed by atoms with van der Waals surface area (Å²) in [4.78, 5) is 25.0. The molecule has 0 fully saturated rings. The quantitative estimate of drug-likeness (QED) is 0.387. The molecule has 0 aromatic carbocycles. The van der Waals surface area contributed by atoms with E-state index in [4.69, 9.17) is 0 Å². The van der Waals surface area contributed by atoms with Crippen molar-refractivity contribution in [1.29, 1.82) is 0 Å². The lowest BCUT2D eigenvalue weighted by Gasteiger charge is -2.31. The largest absolute Gasteiger partial charge is 0.377 e. The average molecular weight is 363 g/mol. The van der Waals surface area contributed by atoms with E-state index in [1.54, 1.807) is 0 Å². The number of hydrogen-bond acceptors (Lipinski definition) is 4. The molecule has 1 aliphatic rings. The molecule has 0 spiro atoms. The first kappa shape index (κ1) is 22.5. The second-order valence-corrected chi connectivity index (χ2v) is 8.78. The van der Waals surface area contributed by atoms with E-state index in [2.05, 4.69) is 52.2 Å². The molecule has 0 saturated carbocycles. The van der Waals surface area contributed by atoms with Crippen molar-refractivity contribution in [1.82, 2.24) is 10.6 Å². The fourth-order valence-corrected chi connectivity index (χ4v) is 3.24. The Bertz CT molecular complexity index is 506. The summed E-state index contributed by atoms with van der Waals surface area (Å²) in [6, 6.07) is 0. The van der Waals surface area contributed by atoms with Gasteiger partial charge in [-0.1, -0.05) is 52.4 Å². The molecule has 26 heavy (non-hydrogen) atoms. The molecule has 0 unspecified atom stereocenters. The summed E-state index contributed by atoms with van der Waals surface area (Å²) >= 11 is 0. The van der Waals surface area contributed by atoms with Gasteiger partial charge in [-0.3, -0.25) is 9.59 Å². The number of allylic oxidation sites excluding steroid dienone is 2. The molecule has 1 aliphatic carbocycles. The Kier molecular flexibility index (Phi) is 8.58. The molecule has 0 aromatic rings. The first-order valence-corrected chi connectivity index (χ1v) is 10.2. The van der Waals surface area contributed by atoms with Crippen LogP contribution in [0.1, 0.15) is 92.9 Å². The van der Waals surface area contributed by atoms with E-state index in [-0.39, 0.29) is 22.6 Å². The summed E-state index contributed by atoms with van der Waals surface area (Å²) in [5.41, 5.74) is 0.418. The van der Waals surface area contributed by atoms with Crippen molar-refractivity contribution in [3.63, 3.8) is 0 Å². The van der Waals surface area contributed by atoms with Crippen molar-refractivity contribution in [3.05, 3.63) is 23.5 Å². The Morgan fingerprint density at radius 1 is 0.692 bits per heavy atom. The normalized spacial score (nSPS) is 15.6. The molecule has 0 heterocycles. The highest BCUT2D eigenvalue weighted by molar-refractivity contribution is 6.19. The Morgan fingerprint density at radius 2 is 1.04 bits per heavy atom. The van der Waals surface area contributed by atoms with Gasteiger partial charge in [0.25, 0.3) is 0 Å². The van der Waals surface area contributed by atoms with E-state index in [9.17, 15) is 9.59 Å². The fourth-order valence-electron chi connectivity index (χ4n) is 3.24. The van der Waals surface area contributed by atoms with Gasteiger partial charge in [0.1, 0.15) is 0 Å². The molecule has 0 radical (unpaired) electrons. The Hall–Kier alpha value is -1.58. The van der Waals surface area contributed by atoms with E-state index in [0.717, 1.165) is 25.7 Å². The van der Waals surface area contributed by atoms with Gasteiger partial charge >= 0.3 is 0 Å². The first-order valence-electron chi connectivity index (χ1n) is 10.2. The predicted octanol–water partition coefficient (Wildman–Crippen LogP) is 4.80. The van der Waals surface area contributed by atoms with E-state index < -0.39 is 0 Å². The minimum Gasteiger partial charge on any atom is -0.377 e. The van der Waals surface area contributed by atoms with Crippen LogP contribution in [-0.4, -0.2) is 22.6 Å². The van der Waals surface area contributed by atoms with Gasteiger partial charge < -0.3 is 10.6 Å². The molecule has 0 bridgehead atoms. The maximum absolute atomic E-state index is 12.5. The second-order valence-electron chi connectivity index (χ2n) is 8.78. The zero-order chi connectivity index (χ0) is 19.8. The van der Waals surface area contributed by atoms with Crippen LogP contribution in [0.4, 0.5) is 0 Å². The van der Waals surface area contributed by atoms with Crippen molar-refractivity contribution in [2.45, 2.75) is 104 Å². The maximum Gasteiger partial charge on any atom is 0.204 e. The lowest BCUT2D eigenvalue weighted by Crippen LogP contribution is -2.44. The number of nitrogens with one attached hydrogen (secondary N) is 2. The fraction of sp³-hybridized carbons (Fsp3) is 0.727. The molecular weight excluding hydrogens is 324 g/mol. The van der Waals surface area contributed by atoms with Crippen LogP contribution < -0.4 is 10.6 Å². The highest BCUT2D eigenvalue weighted by atomic mass is 16.1. The highest BCUT2D eigenvalue weighted by Crippen LogP contribution is 2.21. The van der Waals surface area contributed by atoms with Gasteiger partial charge in [-0.05, 0) is 40.5 Å². The molecule has 0 saturated heterocycles. The molecule has 4 nitrogen and oxygen atoms in total. The van der Waals surface area contributed by atoms with Crippen molar-refractivity contribution < 1.29 is 9.59 Å². The third-order valence-electron chi connectivity index (χ3n) is 4.84. The molecule has 0 aromatic heterocycles. The van der Waals surface area contributed by atoms with Crippen LogP contribution >= 0.6 is 0 Å². The van der Waals surface area contributed by atoms with Crippen molar-refractivity contribution in [2.24, 2.45) is 0 Å². The number of hydrogen-bond donors (Lipinski definition) is 2. The second kappa shape index (κ2) is 9.94. The zero-order valence-corrected chi connectivity index (χ0v) is 17.6. The molecule has 0 amide bonds. The smallest absolute Gasteiger partial charge is 0.204 e. The van der Waals surface area contributed by atoms with Gasteiger partial charge in [-0.15, -0.1) is 0 Å². The van der Waals surface area contributed by atoms with E-state index in [1.807, 2.05) is 0 Å². The summed E-state index contributed by atoms with van der Waals surface area (Å²) in [6.45, 7) is 12.7. The first-order chi connectivity index (χ1) is 12.1. The summed E-state index contributed by atoms with van der Waals surface area (Å²) in [7, 11) is 0. The molecule has 2 N–H and O–H groups in total. The standard InChI is InChI=1S/C22H38N2O2/c1-7-9-11-13-21(3,4)23-17-15-20(26)18(16-19(17)25)24-22(5,6)14-12-10-8-2/h15-16,23-24H,7-14H2,1-6H3. The van der Waals surface area contributed by atoms with Gasteiger partial charge in [-0.25, -0.2) is 0 Å². The molecule has 0 atom stereocenters. The van der Waals surface area contributed by atoms with E-state index in [0.29, 0.717) is 11.4 Å². The van der Waals surface area contributed by atoms with Gasteiger partial charge in [0.15, 0.2) is 0 Å². The number of carbonyl (C=O) groups excluding carboxylic acids is 2. The van der Waals surface area contributed by atoms with Gasteiger partial charge in [-0.2, -0.15) is 0 Å².